The van der Waals surface area contributed by atoms with Gasteiger partial charge in [0.15, 0.2) is 6.61 Å². The van der Waals surface area contributed by atoms with Crippen LogP contribution in [0.25, 0.3) is 0 Å². The van der Waals surface area contributed by atoms with Crippen molar-refractivity contribution in [2.45, 2.75) is 19.4 Å². The first-order valence-electron chi connectivity index (χ1n) is 9.94. The van der Waals surface area contributed by atoms with E-state index in [1.807, 2.05) is 60.7 Å². The molecule has 0 aliphatic heterocycles. The summed E-state index contributed by atoms with van der Waals surface area (Å²) in [4.78, 5) is 36.0. The lowest BCUT2D eigenvalue weighted by Crippen LogP contribution is -2.33. The van der Waals surface area contributed by atoms with Gasteiger partial charge in [0.1, 0.15) is 0 Å². The number of ether oxygens (including phenoxy) is 1. The molecule has 0 saturated carbocycles. The average Bonchev–Trinajstić information content (AvgIpc) is 2.78. The van der Waals surface area contributed by atoms with E-state index >= 15 is 0 Å². The Morgan fingerprint density at radius 3 is 2.23 bits per heavy atom. The first-order chi connectivity index (χ1) is 15.0. The Balaban J connectivity index is 1.62. The van der Waals surface area contributed by atoms with E-state index in [9.17, 15) is 14.4 Å². The van der Waals surface area contributed by atoms with Gasteiger partial charge in [0.2, 0.25) is 5.91 Å². The minimum Gasteiger partial charge on any atom is -0.452 e. The van der Waals surface area contributed by atoms with Crippen LogP contribution in [0.15, 0.2) is 84.9 Å². The maximum atomic E-state index is 12.5. The number of anilines is 1. The van der Waals surface area contributed by atoms with E-state index in [1.54, 1.807) is 18.2 Å². The molecule has 0 bridgehead atoms. The molecule has 1 atom stereocenters. The van der Waals surface area contributed by atoms with Crippen molar-refractivity contribution in [1.29, 1.82) is 0 Å². The number of carbonyl (C=O) groups excluding carboxylic acids is 3. The maximum absolute atomic E-state index is 12.5. The zero-order valence-electron chi connectivity index (χ0n) is 17.2. The van der Waals surface area contributed by atoms with Crippen LogP contribution in [0.2, 0.25) is 0 Å². The second-order valence-electron chi connectivity index (χ2n) is 7.06. The van der Waals surface area contributed by atoms with Crippen LogP contribution < -0.4 is 10.6 Å². The molecule has 0 aromatic heterocycles. The Bertz CT molecular complexity index is 1040. The van der Waals surface area contributed by atoms with E-state index in [4.69, 9.17) is 4.74 Å². The number of amides is 2. The van der Waals surface area contributed by atoms with Crippen molar-refractivity contribution < 1.29 is 19.1 Å². The number of esters is 1. The SMILES string of the molecule is CC(=O)Nc1cccc(C(=O)OCC(=O)N[C@H](Cc2ccccc2)c2ccccc2)c1. The fourth-order valence-corrected chi connectivity index (χ4v) is 3.16. The van der Waals surface area contributed by atoms with Crippen molar-refractivity contribution >= 4 is 23.5 Å². The molecule has 6 heteroatoms. The predicted molar refractivity (Wildman–Crippen MR) is 118 cm³/mol. The summed E-state index contributed by atoms with van der Waals surface area (Å²) in [6.07, 6.45) is 0.614. The molecule has 0 aliphatic rings. The van der Waals surface area contributed by atoms with Gasteiger partial charge < -0.3 is 15.4 Å². The lowest BCUT2D eigenvalue weighted by molar-refractivity contribution is -0.125. The standard InChI is InChI=1S/C25H24N2O4/c1-18(28)26-22-14-8-13-21(16-22)25(30)31-17-24(29)27-23(20-11-6-3-7-12-20)15-19-9-4-2-5-10-19/h2-14,16,23H,15,17H2,1H3,(H,26,28)(H,27,29)/t23-/m1/s1. The normalized spacial score (nSPS) is 11.3. The van der Waals surface area contributed by atoms with Gasteiger partial charge in [-0.2, -0.15) is 0 Å². The number of carbonyl (C=O) groups is 3. The highest BCUT2D eigenvalue weighted by atomic mass is 16.5. The summed E-state index contributed by atoms with van der Waals surface area (Å²) in [7, 11) is 0. The fraction of sp³-hybridized carbons (Fsp3) is 0.160. The van der Waals surface area contributed by atoms with Crippen LogP contribution in [0.4, 0.5) is 5.69 Å². The molecule has 3 aromatic rings. The van der Waals surface area contributed by atoms with Crippen molar-refractivity contribution in [3.63, 3.8) is 0 Å². The van der Waals surface area contributed by atoms with Gasteiger partial charge in [-0.1, -0.05) is 66.7 Å². The predicted octanol–water partition coefficient (Wildman–Crippen LogP) is 3.90. The third-order valence-corrected chi connectivity index (χ3v) is 4.57. The Kier molecular flexibility index (Phi) is 7.54. The topological polar surface area (TPSA) is 84.5 Å². The van der Waals surface area contributed by atoms with Crippen LogP contribution in [-0.2, 0) is 20.7 Å². The number of benzene rings is 3. The molecule has 31 heavy (non-hydrogen) atoms. The molecule has 6 nitrogen and oxygen atoms in total. The highest BCUT2D eigenvalue weighted by molar-refractivity contribution is 5.94. The highest BCUT2D eigenvalue weighted by Crippen LogP contribution is 2.18. The maximum Gasteiger partial charge on any atom is 0.338 e. The third kappa shape index (κ3) is 6.82. The molecule has 3 aromatic carbocycles. The Labute approximate surface area is 181 Å². The molecule has 0 fully saturated rings. The Morgan fingerprint density at radius 1 is 0.871 bits per heavy atom. The Hall–Kier alpha value is -3.93. The van der Waals surface area contributed by atoms with Crippen LogP contribution in [-0.4, -0.2) is 24.4 Å². The molecule has 2 amide bonds. The molecule has 0 saturated heterocycles. The lowest BCUT2D eigenvalue weighted by atomic mass is 9.99. The van der Waals surface area contributed by atoms with Crippen molar-refractivity contribution in [2.24, 2.45) is 0 Å². The van der Waals surface area contributed by atoms with Gasteiger partial charge in [0.25, 0.3) is 5.91 Å². The summed E-state index contributed by atoms with van der Waals surface area (Å²) >= 11 is 0. The van der Waals surface area contributed by atoms with E-state index in [2.05, 4.69) is 10.6 Å². The smallest absolute Gasteiger partial charge is 0.338 e. The van der Waals surface area contributed by atoms with E-state index in [-0.39, 0.29) is 17.5 Å². The van der Waals surface area contributed by atoms with Crippen molar-refractivity contribution in [3.8, 4) is 0 Å². The van der Waals surface area contributed by atoms with Crippen LogP contribution >= 0.6 is 0 Å². The number of hydrogen-bond acceptors (Lipinski definition) is 4. The van der Waals surface area contributed by atoms with Gasteiger partial charge >= 0.3 is 5.97 Å². The second kappa shape index (κ2) is 10.7. The second-order valence-corrected chi connectivity index (χ2v) is 7.06. The zero-order valence-corrected chi connectivity index (χ0v) is 17.2. The van der Waals surface area contributed by atoms with Crippen molar-refractivity contribution in [3.05, 3.63) is 102 Å². The summed E-state index contributed by atoms with van der Waals surface area (Å²) < 4.78 is 5.17. The minimum absolute atomic E-state index is 0.240. The van der Waals surface area contributed by atoms with Gasteiger partial charge in [-0.05, 0) is 35.7 Å². The quantitative estimate of drug-likeness (QED) is 0.546. The molecule has 0 heterocycles. The highest BCUT2D eigenvalue weighted by Gasteiger charge is 2.17. The number of nitrogens with one attached hydrogen (secondary N) is 2. The van der Waals surface area contributed by atoms with Crippen LogP contribution in [0, 0.1) is 0 Å². The first-order valence-corrected chi connectivity index (χ1v) is 9.94. The number of hydrogen-bond donors (Lipinski definition) is 2. The van der Waals surface area contributed by atoms with Crippen molar-refractivity contribution in [2.75, 3.05) is 11.9 Å². The van der Waals surface area contributed by atoms with Gasteiger partial charge in [0, 0.05) is 12.6 Å². The van der Waals surface area contributed by atoms with Gasteiger partial charge in [-0.25, -0.2) is 4.79 Å². The van der Waals surface area contributed by atoms with Gasteiger partial charge in [0.05, 0.1) is 11.6 Å². The molecular weight excluding hydrogens is 392 g/mol. The summed E-state index contributed by atoms with van der Waals surface area (Å²) in [6, 6.07) is 25.6. The van der Waals surface area contributed by atoms with Crippen molar-refractivity contribution in [1.82, 2.24) is 5.32 Å². The molecule has 158 valence electrons. The van der Waals surface area contributed by atoms with Crippen LogP contribution in [0.3, 0.4) is 0 Å². The van der Waals surface area contributed by atoms with E-state index in [0.717, 1.165) is 11.1 Å². The van der Waals surface area contributed by atoms with Crippen LogP contribution in [0.1, 0.15) is 34.5 Å². The summed E-state index contributed by atoms with van der Waals surface area (Å²) in [5.74, 6) is -1.27. The molecule has 0 unspecified atom stereocenters. The molecule has 3 rings (SSSR count). The van der Waals surface area contributed by atoms with Crippen LogP contribution in [0.5, 0.6) is 0 Å². The zero-order chi connectivity index (χ0) is 22.1. The van der Waals surface area contributed by atoms with E-state index in [0.29, 0.717) is 12.1 Å². The largest absolute Gasteiger partial charge is 0.452 e. The summed E-state index contributed by atoms with van der Waals surface area (Å²) in [6.45, 7) is 0.981. The van der Waals surface area contributed by atoms with E-state index < -0.39 is 18.5 Å². The summed E-state index contributed by atoms with van der Waals surface area (Å²) in [5.41, 5.74) is 2.79. The minimum atomic E-state index is -0.637. The molecule has 2 N–H and O–H groups in total. The first kappa shape index (κ1) is 21.8. The van der Waals surface area contributed by atoms with Gasteiger partial charge in [-0.15, -0.1) is 0 Å². The molecule has 0 radical (unpaired) electrons. The molecular formula is C25H24N2O4. The van der Waals surface area contributed by atoms with Gasteiger partial charge in [-0.3, -0.25) is 9.59 Å². The average molecular weight is 416 g/mol. The number of rotatable bonds is 8. The summed E-state index contributed by atoms with van der Waals surface area (Å²) in [5, 5.41) is 5.56. The van der Waals surface area contributed by atoms with E-state index in [1.165, 1.54) is 13.0 Å². The Morgan fingerprint density at radius 2 is 1.55 bits per heavy atom. The molecule has 0 spiro atoms. The lowest BCUT2D eigenvalue weighted by Gasteiger charge is -2.19. The monoisotopic (exact) mass is 416 g/mol. The third-order valence-electron chi connectivity index (χ3n) is 4.57. The molecule has 0 aliphatic carbocycles. The fourth-order valence-electron chi connectivity index (χ4n) is 3.16.